The molecule has 2 aromatic carbocycles. The lowest BCUT2D eigenvalue weighted by Gasteiger charge is -2.38. The summed E-state index contributed by atoms with van der Waals surface area (Å²) in [6.07, 6.45) is 6.77. The summed E-state index contributed by atoms with van der Waals surface area (Å²) in [6, 6.07) is 15.6. The van der Waals surface area contributed by atoms with Crippen molar-refractivity contribution in [2.24, 2.45) is 0 Å². The van der Waals surface area contributed by atoms with E-state index in [0.717, 1.165) is 6.54 Å². The molecule has 0 atom stereocenters. The van der Waals surface area contributed by atoms with Gasteiger partial charge in [0.05, 0.1) is 0 Å². The van der Waals surface area contributed by atoms with Crippen LogP contribution in [0.25, 0.3) is 10.8 Å². The maximum atomic E-state index is 3.44. The highest BCUT2D eigenvalue weighted by Crippen LogP contribution is 2.41. The summed E-state index contributed by atoms with van der Waals surface area (Å²) in [5, 5.41) is 6.26. The lowest BCUT2D eigenvalue weighted by Crippen LogP contribution is -2.38. The van der Waals surface area contributed by atoms with Crippen molar-refractivity contribution in [3.05, 3.63) is 48.0 Å². The van der Waals surface area contributed by atoms with Crippen LogP contribution in [-0.4, -0.2) is 13.6 Å². The van der Waals surface area contributed by atoms with E-state index in [4.69, 9.17) is 0 Å². The molecule has 0 bridgehead atoms. The smallest absolute Gasteiger partial charge is 0.00838 e. The van der Waals surface area contributed by atoms with Crippen LogP contribution >= 0.6 is 0 Å². The molecule has 0 radical (unpaired) electrons. The van der Waals surface area contributed by atoms with Gasteiger partial charge in [0.2, 0.25) is 0 Å². The van der Waals surface area contributed by atoms with E-state index >= 15 is 0 Å². The first-order valence-electron chi connectivity index (χ1n) is 7.49. The summed E-state index contributed by atoms with van der Waals surface area (Å²) in [6.45, 7) is 1.10. The Kier molecular flexibility index (Phi) is 3.56. The highest BCUT2D eigenvalue weighted by Gasteiger charge is 2.34. The van der Waals surface area contributed by atoms with Gasteiger partial charge >= 0.3 is 0 Å². The molecule has 0 saturated heterocycles. The van der Waals surface area contributed by atoms with E-state index < -0.39 is 0 Å². The summed E-state index contributed by atoms with van der Waals surface area (Å²) in [4.78, 5) is 0. The van der Waals surface area contributed by atoms with Crippen molar-refractivity contribution in [3.8, 4) is 0 Å². The Morgan fingerprint density at radius 3 is 2.47 bits per heavy atom. The molecule has 1 heteroatoms. The van der Waals surface area contributed by atoms with Gasteiger partial charge in [0.25, 0.3) is 0 Å². The SMILES string of the molecule is CNCC1(c2cccc3ccccc23)CCCCC1. The van der Waals surface area contributed by atoms with Crippen LogP contribution in [0.15, 0.2) is 42.5 Å². The largest absolute Gasteiger partial charge is 0.319 e. The van der Waals surface area contributed by atoms with Gasteiger partial charge in [0.15, 0.2) is 0 Å². The molecule has 0 spiro atoms. The molecule has 1 aliphatic rings. The first-order chi connectivity index (χ1) is 9.36. The van der Waals surface area contributed by atoms with Gasteiger partial charge in [-0.15, -0.1) is 0 Å². The average molecular weight is 253 g/mol. The Morgan fingerprint density at radius 2 is 1.68 bits per heavy atom. The Labute approximate surface area is 116 Å². The Balaban J connectivity index is 2.14. The van der Waals surface area contributed by atoms with Crippen LogP contribution in [0.1, 0.15) is 37.7 Å². The zero-order valence-electron chi connectivity index (χ0n) is 11.8. The lowest BCUT2D eigenvalue weighted by molar-refractivity contribution is 0.288. The van der Waals surface area contributed by atoms with Gasteiger partial charge < -0.3 is 5.32 Å². The van der Waals surface area contributed by atoms with Crippen molar-refractivity contribution in [2.75, 3.05) is 13.6 Å². The van der Waals surface area contributed by atoms with Crippen molar-refractivity contribution in [1.82, 2.24) is 5.32 Å². The predicted octanol–water partition coefficient (Wildman–Crippen LogP) is 4.26. The van der Waals surface area contributed by atoms with Crippen LogP contribution in [-0.2, 0) is 5.41 Å². The molecule has 2 aromatic rings. The fraction of sp³-hybridized carbons (Fsp3) is 0.444. The van der Waals surface area contributed by atoms with E-state index in [-0.39, 0.29) is 0 Å². The maximum Gasteiger partial charge on any atom is 0.00838 e. The molecule has 1 saturated carbocycles. The topological polar surface area (TPSA) is 12.0 Å². The fourth-order valence-electron chi connectivity index (χ4n) is 3.80. The third-order valence-corrected chi connectivity index (χ3v) is 4.69. The third kappa shape index (κ3) is 2.28. The van der Waals surface area contributed by atoms with Gasteiger partial charge in [0.1, 0.15) is 0 Å². The standard InChI is InChI=1S/C18H23N/c1-19-14-18(12-5-2-6-13-18)17-11-7-9-15-8-3-4-10-16(15)17/h3-4,7-11,19H,2,5-6,12-14H2,1H3. The summed E-state index contributed by atoms with van der Waals surface area (Å²) < 4.78 is 0. The second-order valence-electron chi connectivity index (χ2n) is 5.90. The quantitative estimate of drug-likeness (QED) is 0.861. The highest BCUT2D eigenvalue weighted by molar-refractivity contribution is 5.86. The maximum absolute atomic E-state index is 3.44. The van der Waals surface area contributed by atoms with Gasteiger partial charge in [0, 0.05) is 12.0 Å². The molecule has 19 heavy (non-hydrogen) atoms. The molecule has 0 aromatic heterocycles. The number of hydrogen-bond donors (Lipinski definition) is 1. The zero-order chi connectivity index (χ0) is 13.1. The second-order valence-corrected chi connectivity index (χ2v) is 5.90. The van der Waals surface area contributed by atoms with Crippen molar-refractivity contribution < 1.29 is 0 Å². The van der Waals surface area contributed by atoms with Gasteiger partial charge in [-0.2, -0.15) is 0 Å². The van der Waals surface area contributed by atoms with Crippen molar-refractivity contribution in [1.29, 1.82) is 0 Å². The monoisotopic (exact) mass is 253 g/mol. The molecular formula is C18H23N. The van der Waals surface area contributed by atoms with E-state index in [1.54, 1.807) is 5.56 Å². The zero-order valence-corrected chi connectivity index (χ0v) is 11.8. The highest BCUT2D eigenvalue weighted by atomic mass is 14.8. The van der Waals surface area contributed by atoms with E-state index in [1.807, 2.05) is 0 Å². The molecule has 0 heterocycles. The Hall–Kier alpha value is -1.34. The van der Waals surface area contributed by atoms with Gasteiger partial charge in [-0.3, -0.25) is 0 Å². The Morgan fingerprint density at radius 1 is 0.947 bits per heavy atom. The molecule has 1 N–H and O–H groups in total. The van der Waals surface area contributed by atoms with Crippen LogP contribution in [0.3, 0.4) is 0 Å². The molecule has 1 nitrogen and oxygen atoms in total. The van der Waals surface area contributed by atoms with Crippen molar-refractivity contribution in [2.45, 2.75) is 37.5 Å². The summed E-state index contributed by atoms with van der Waals surface area (Å²) in [5.74, 6) is 0. The number of nitrogens with one attached hydrogen (secondary N) is 1. The third-order valence-electron chi connectivity index (χ3n) is 4.69. The van der Waals surface area contributed by atoms with E-state index in [2.05, 4.69) is 54.8 Å². The number of likely N-dealkylation sites (N-methyl/N-ethyl adjacent to an activating group) is 1. The number of benzene rings is 2. The number of fused-ring (bicyclic) bond motifs is 1. The molecule has 1 aliphatic carbocycles. The van der Waals surface area contributed by atoms with Crippen LogP contribution in [0.4, 0.5) is 0 Å². The fourth-order valence-corrected chi connectivity index (χ4v) is 3.80. The van der Waals surface area contributed by atoms with Crippen LogP contribution < -0.4 is 5.32 Å². The minimum absolute atomic E-state index is 0.341. The van der Waals surface area contributed by atoms with Crippen LogP contribution in [0.2, 0.25) is 0 Å². The van der Waals surface area contributed by atoms with E-state index in [0.29, 0.717) is 5.41 Å². The summed E-state index contributed by atoms with van der Waals surface area (Å²) in [5.41, 5.74) is 1.90. The van der Waals surface area contributed by atoms with E-state index in [1.165, 1.54) is 42.9 Å². The number of hydrogen-bond acceptors (Lipinski definition) is 1. The Bertz CT molecular complexity index is 542. The van der Waals surface area contributed by atoms with E-state index in [9.17, 15) is 0 Å². The van der Waals surface area contributed by atoms with Gasteiger partial charge in [-0.1, -0.05) is 61.7 Å². The predicted molar refractivity (Wildman–Crippen MR) is 82.6 cm³/mol. The average Bonchev–Trinajstić information content (AvgIpc) is 2.48. The van der Waals surface area contributed by atoms with Crippen LogP contribution in [0, 0.1) is 0 Å². The molecule has 3 rings (SSSR count). The minimum atomic E-state index is 0.341. The van der Waals surface area contributed by atoms with Gasteiger partial charge in [-0.05, 0) is 36.2 Å². The van der Waals surface area contributed by atoms with Crippen molar-refractivity contribution in [3.63, 3.8) is 0 Å². The summed E-state index contributed by atoms with van der Waals surface area (Å²) in [7, 11) is 2.08. The summed E-state index contributed by atoms with van der Waals surface area (Å²) >= 11 is 0. The molecule has 1 fully saturated rings. The number of rotatable bonds is 3. The van der Waals surface area contributed by atoms with Gasteiger partial charge in [-0.25, -0.2) is 0 Å². The normalized spacial score (nSPS) is 18.6. The molecular weight excluding hydrogens is 230 g/mol. The van der Waals surface area contributed by atoms with Crippen LogP contribution in [0.5, 0.6) is 0 Å². The first-order valence-corrected chi connectivity index (χ1v) is 7.49. The molecule has 0 aliphatic heterocycles. The second kappa shape index (κ2) is 5.34. The van der Waals surface area contributed by atoms with Crippen molar-refractivity contribution >= 4 is 10.8 Å². The molecule has 0 amide bonds. The first kappa shape index (κ1) is 12.7. The molecule has 100 valence electrons. The molecule has 0 unspecified atom stereocenters. The minimum Gasteiger partial charge on any atom is -0.319 e. The lowest BCUT2D eigenvalue weighted by atomic mass is 9.68.